The van der Waals surface area contributed by atoms with Gasteiger partial charge in [-0.25, -0.2) is 9.78 Å². The summed E-state index contributed by atoms with van der Waals surface area (Å²) in [5, 5.41) is 3.43. The molecule has 1 aromatic carbocycles. The molecule has 0 spiro atoms. The molecule has 2 aromatic rings. The maximum atomic E-state index is 12.3. The first-order chi connectivity index (χ1) is 12.0. The number of esters is 1. The first-order valence-corrected chi connectivity index (χ1v) is 8.67. The number of amides is 1. The minimum atomic E-state index is -0.431. The minimum Gasteiger partial charge on any atom is -0.465 e. The molecule has 130 valence electrons. The summed E-state index contributed by atoms with van der Waals surface area (Å²) in [6, 6.07) is 6.23. The third kappa shape index (κ3) is 3.58. The minimum absolute atomic E-state index is 0.102. The molecule has 2 heterocycles. The van der Waals surface area contributed by atoms with Crippen LogP contribution in [0.3, 0.4) is 0 Å². The zero-order valence-corrected chi connectivity index (χ0v) is 14.6. The molecule has 0 radical (unpaired) electrons. The molecule has 1 aliphatic heterocycles. The average Bonchev–Trinajstić information content (AvgIpc) is 3.01. The maximum Gasteiger partial charge on any atom is 0.337 e. The van der Waals surface area contributed by atoms with Crippen LogP contribution >= 0.6 is 11.8 Å². The van der Waals surface area contributed by atoms with E-state index in [1.807, 2.05) is 0 Å². The normalized spacial score (nSPS) is 15.5. The number of carbonyl (C=O) groups excluding carboxylic acids is 2. The van der Waals surface area contributed by atoms with Crippen LogP contribution in [0.2, 0.25) is 0 Å². The van der Waals surface area contributed by atoms with Crippen molar-refractivity contribution in [2.75, 3.05) is 18.2 Å². The number of nitrogens with one attached hydrogen (secondary N) is 1. The molecule has 25 heavy (non-hydrogen) atoms. The van der Waals surface area contributed by atoms with Crippen molar-refractivity contribution in [2.45, 2.75) is 24.5 Å². The van der Waals surface area contributed by atoms with Crippen LogP contribution in [0.25, 0.3) is 0 Å². The molecule has 0 saturated carbocycles. The number of aromatic nitrogens is 2. The molecule has 8 heteroatoms. The van der Waals surface area contributed by atoms with Crippen LogP contribution in [0, 0.1) is 6.92 Å². The van der Waals surface area contributed by atoms with Gasteiger partial charge in [0.15, 0.2) is 5.16 Å². The summed E-state index contributed by atoms with van der Waals surface area (Å²) in [7, 11) is 1.31. The first-order valence-electron chi connectivity index (χ1n) is 7.68. The van der Waals surface area contributed by atoms with Crippen LogP contribution in [-0.4, -0.2) is 34.3 Å². The molecule has 1 atom stereocenters. The Balaban J connectivity index is 1.68. The zero-order chi connectivity index (χ0) is 18.0. The Bertz CT molecular complexity index is 876. The van der Waals surface area contributed by atoms with E-state index in [1.165, 1.54) is 18.9 Å². The summed E-state index contributed by atoms with van der Waals surface area (Å²) >= 11 is 1.48. The predicted octanol–water partition coefficient (Wildman–Crippen LogP) is 2.01. The maximum absolute atomic E-state index is 12.3. The number of methoxy groups -OCH3 is 1. The molecular formula is C17H17N3O4S. The highest BCUT2D eigenvalue weighted by molar-refractivity contribution is 7.99. The summed E-state index contributed by atoms with van der Waals surface area (Å²) < 4.78 is 6.23. The number of hydrogen-bond donors (Lipinski definition) is 1. The van der Waals surface area contributed by atoms with Gasteiger partial charge in [-0.1, -0.05) is 11.8 Å². The smallest absolute Gasteiger partial charge is 0.337 e. The van der Waals surface area contributed by atoms with Gasteiger partial charge in [-0.3, -0.25) is 14.2 Å². The largest absolute Gasteiger partial charge is 0.465 e. The Kier molecular flexibility index (Phi) is 4.89. The number of anilines is 1. The highest BCUT2D eigenvalue weighted by Gasteiger charge is 2.27. The topological polar surface area (TPSA) is 90.3 Å². The van der Waals surface area contributed by atoms with E-state index < -0.39 is 5.97 Å². The lowest BCUT2D eigenvalue weighted by Crippen LogP contribution is -2.28. The summed E-state index contributed by atoms with van der Waals surface area (Å²) in [5.41, 5.74) is 1.46. The molecule has 0 saturated heterocycles. The standard InChI is InChI=1S/C17H17N3O4S/c1-10-8-18-17-20(15(10)22)13(9-25-17)7-14(21)19-12-5-3-11(4-6-12)16(23)24-2/h3-6,8,13H,7,9H2,1-2H3,(H,19,21). The van der Waals surface area contributed by atoms with Gasteiger partial charge in [0.1, 0.15) is 0 Å². The number of thioether (sulfide) groups is 1. The number of fused-ring (bicyclic) bond motifs is 1. The SMILES string of the molecule is COC(=O)c1ccc(NC(=O)CC2CSc3ncc(C)c(=O)n32)cc1. The Hall–Kier alpha value is -2.61. The van der Waals surface area contributed by atoms with Gasteiger partial charge in [0.25, 0.3) is 5.56 Å². The summed E-state index contributed by atoms with van der Waals surface area (Å²) in [6.45, 7) is 1.71. The van der Waals surface area contributed by atoms with Crippen LogP contribution in [-0.2, 0) is 9.53 Å². The van der Waals surface area contributed by atoms with Gasteiger partial charge in [0, 0.05) is 29.6 Å². The quantitative estimate of drug-likeness (QED) is 0.663. The lowest BCUT2D eigenvalue weighted by atomic mass is 10.2. The molecular weight excluding hydrogens is 342 g/mol. The van der Waals surface area contributed by atoms with Crippen molar-refractivity contribution in [3.8, 4) is 0 Å². The van der Waals surface area contributed by atoms with Crippen molar-refractivity contribution in [1.29, 1.82) is 0 Å². The summed E-state index contributed by atoms with van der Waals surface area (Å²) in [5.74, 6) is 0.0119. The Morgan fingerprint density at radius 2 is 2.08 bits per heavy atom. The third-order valence-corrected chi connectivity index (χ3v) is 5.02. The highest BCUT2D eigenvalue weighted by atomic mass is 32.2. The molecule has 0 fully saturated rings. The van der Waals surface area contributed by atoms with Crippen LogP contribution in [0.1, 0.15) is 28.4 Å². The van der Waals surface area contributed by atoms with Gasteiger partial charge in [0.05, 0.1) is 18.7 Å². The predicted molar refractivity (Wildman–Crippen MR) is 94.0 cm³/mol. The summed E-state index contributed by atoms with van der Waals surface area (Å²) in [6.07, 6.45) is 1.75. The number of nitrogens with zero attached hydrogens (tertiary/aromatic N) is 2. The molecule has 0 aliphatic carbocycles. The van der Waals surface area contributed by atoms with Gasteiger partial charge in [-0.05, 0) is 31.2 Å². The molecule has 3 rings (SSSR count). The molecule has 1 unspecified atom stereocenters. The fraction of sp³-hybridized carbons (Fsp3) is 0.294. The monoisotopic (exact) mass is 359 g/mol. The second-order valence-electron chi connectivity index (χ2n) is 5.69. The highest BCUT2D eigenvalue weighted by Crippen LogP contribution is 2.32. The van der Waals surface area contributed by atoms with E-state index in [0.29, 0.717) is 27.7 Å². The van der Waals surface area contributed by atoms with Crippen LogP contribution in [0.4, 0.5) is 5.69 Å². The third-order valence-electron chi connectivity index (χ3n) is 3.91. The molecule has 1 aliphatic rings. The number of benzene rings is 1. The van der Waals surface area contributed by atoms with E-state index in [2.05, 4.69) is 15.0 Å². The van der Waals surface area contributed by atoms with E-state index in [4.69, 9.17) is 0 Å². The number of rotatable bonds is 4. The van der Waals surface area contributed by atoms with Gasteiger partial charge >= 0.3 is 5.97 Å². The summed E-state index contributed by atoms with van der Waals surface area (Å²) in [4.78, 5) is 40.2. The zero-order valence-electron chi connectivity index (χ0n) is 13.8. The molecule has 7 nitrogen and oxygen atoms in total. The lowest BCUT2D eigenvalue weighted by molar-refractivity contribution is -0.116. The second kappa shape index (κ2) is 7.10. The van der Waals surface area contributed by atoms with Crippen molar-refractivity contribution in [3.63, 3.8) is 0 Å². The van der Waals surface area contributed by atoms with Gasteiger partial charge in [0.2, 0.25) is 5.91 Å². The number of aryl methyl sites for hydroxylation is 1. The number of carbonyl (C=O) groups is 2. The van der Waals surface area contributed by atoms with E-state index in [0.717, 1.165) is 0 Å². The average molecular weight is 359 g/mol. The number of hydrogen-bond acceptors (Lipinski definition) is 6. The van der Waals surface area contributed by atoms with Gasteiger partial charge in [-0.15, -0.1) is 0 Å². The van der Waals surface area contributed by atoms with Crippen molar-refractivity contribution in [2.24, 2.45) is 0 Å². The van der Waals surface area contributed by atoms with Crippen molar-refractivity contribution < 1.29 is 14.3 Å². The van der Waals surface area contributed by atoms with E-state index in [1.54, 1.807) is 42.0 Å². The van der Waals surface area contributed by atoms with Crippen LogP contribution in [0.5, 0.6) is 0 Å². The van der Waals surface area contributed by atoms with E-state index in [9.17, 15) is 14.4 Å². The fourth-order valence-electron chi connectivity index (χ4n) is 2.60. The first kappa shape index (κ1) is 17.2. The molecule has 1 N–H and O–H groups in total. The Morgan fingerprint density at radius 3 is 2.76 bits per heavy atom. The fourth-order valence-corrected chi connectivity index (χ4v) is 3.71. The molecule has 1 aromatic heterocycles. The van der Waals surface area contributed by atoms with E-state index >= 15 is 0 Å². The van der Waals surface area contributed by atoms with Crippen LogP contribution < -0.4 is 10.9 Å². The van der Waals surface area contributed by atoms with Crippen LogP contribution in [0.15, 0.2) is 40.4 Å². The Morgan fingerprint density at radius 1 is 1.36 bits per heavy atom. The van der Waals surface area contributed by atoms with Crippen molar-refractivity contribution >= 4 is 29.3 Å². The van der Waals surface area contributed by atoms with Crippen molar-refractivity contribution in [3.05, 3.63) is 51.9 Å². The lowest BCUT2D eigenvalue weighted by Gasteiger charge is -2.13. The second-order valence-corrected chi connectivity index (χ2v) is 6.67. The van der Waals surface area contributed by atoms with Crippen molar-refractivity contribution in [1.82, 2.24) is 9.55 Å². The number of ether oxygens (including phenoxy) is 1. The Labute approximate surface area is 148 Å². The van der Waals surface area contributed by atoms with Gasteiger partial charge in [-0.2, -0.15) is 0 Å². The van der Waals surface area contributed by atoms with Gasteiger partial charge < -0.3 is 10.1 Å². The van der Waals surface area contributed by atoms with E-state index in [-0.39, 0.29) is 23.9 Å². The molecule has 0 bridgehead atoms. The molecule has 1 amide bonds.